The molecule has 0 spiro atoms. The number of methoxy groups -OCH3 is 1. The third kappa shape index (κ3) is 4.73. The Labute approximate surface area is 186 Å². The standard InChI is InChI=1S/C26H23N3O3/c1-31-20-10-6-18(7-11-20)26-23(22-4-2-3-5-24(22)29-26)14-15-25(30)28-19-8-12-21(13-9-19)32-17-16-27/h2-13,29H,14-15,17H2,1H3,(H,28,30). The van der Waals surface area contributed by atoms with Gasteiger partial charge in [0.05, 0.1) is 7.11 Å². The highest BCUT2D eigenvalue weighted by atomic mass is 16.5. The second-order valence-corrected chi connectivity index (χ2v) is 7.27. The summed E-state index contributed by atoms with van der Waals surface area (Å²) in [5, 5.41) is 12.6. The number of nitrogens with zero attached hydrogens (tertiary/aromatic N) is 1. The summed E-state index contributed by atoms with van der Waals surface area (Å²) in [6.45, 7) is -0.00709. The number of hydrogen-bond donors (Lipinski definition) is 2. The number of nitrogens with one attached hydrogen (secondary N) is 2. The maximum Gasteiger partial charge on any atom is 0.224 e. The molecule has 0 radical (unpaired) electrons. The van der Waals surface area contributed by atoms with Gasteiger partial charge in [0.2, 0.25) is 5.91 Å². The average molecular weight is 425 g/mol. The van der Waals surface area contributed by atoms with Crippen molar-refractivity contribution in [1.29, 1.82) is 5.26 Å². The minimum atomic E-state index is -0.0679. The highest BCUT2D eigenvalue weighted by molar-refractivity contribution is 5.94. The number of ether oxygens (including phenoxy) is 2. The van der Waals surface area contributed by atoms with Crippen molar-refractivity contribution in [3.8, 4) is 28.8 Å². The predicted octanol–water partition coefficient (Wildman–Crippen LogP) is 5.32. The molecule has 6 nitrogen and oxygen atoms in total. The van der Waals surface area contributed by atoms with Crippen LogP contribution in [0.25, 0.3) is 22.2 Å². The average Bonchev–Trinajstić information content (AvgIpc) is 3.21. The van der Waals surface area contributed by atoms with Crippen molar-refractivity contribution in [1.82, 2.24) is 4.98 Å². The second-order valence-electron chi connectivity index (χ2n) is 7.27. The molecular formula is C26H23N3O3. The fraction of sp³-hybridized carbons (Fsp3) is 0.154. The second kappa shape index (κ2) is 9.71. The highest BCUT2D eigenvalue weighted by Crippen LogP contribution is 2.32. The van der Waals surface area contributed by atoms with E-state index in [1.165, 1.54) is 0 Å². The molecule has 0 saturated heterocycles. The lowest BCUT2D eigenvalue weighted by Gasteiger charge is -2.09. The molecule has 1 heterocycles. The summed E-state index contributed by atoms with van der Waals surface area (Å²) in [5.41, 5.74) is 4.91. The monoisotopic (exact) mass is 425 g/mol. The topological polar surface area (TPSA) is 87.1 Å². The van der Waals surface area contributed by atoms with Gasteiger partial charge in [-0.2, -0.15) is 5.26 Å². The van der Waals surface area contributed by atoms with Crippen LogP contribution in [-0.4, -0.2) is 24.6 Å². The quantitative estimate of drug-likeness (QED) is 0.400. The van der Waals surface area contributed by atoms with E-state index < -0.39 is 0 Å². The highest BCUT2D eigenvalue weighted by Gasteiger charge is 2.15. The molecule has 32 heavy (non-hydrogen) atoms. The summed E-state index contributed by atoms with van der Waals surface area (Å²) in [5.74, 6) is 1.32. The van der Waals surface area contributed by atoms with Crippen LogP contribution in [0.2, 0.25) is 0 Å². The summed E-state index contributed by atoms with van der Waals surface area (Å²) in [6.07, 6.45) is 0.943. The van der Waals surface area contributed by atoms with Crippen molar-refractivity contribution in [3.63, 3.8) is 0 Å². The molecule has 6 heteroatoms. The van der Waals surface area contributed by atoms with Gasteiger partial charge in [0.1, 0.15) is 17.6 Å². The zero-order valence-electron chi connectivity index (χ0n) is 17.7. The van der Waals surface area contributed by atoms with Crippen molar-refractivity contribution >= 4 is 22.5 Å². The Morgan fingerprint density at radius 3 is 2.44 bits per heavy atom. The van der Waals surface area contributed by atoms with E-state index in [4.69, 9.17) is 14.7 Å². The first kappa shape index (κ1) is 21.0. The molecule has 0 bridgehead atoms. The van der Waals surface area contributed by atoms with Gasteiger partial charge >= 0.3 is 0 Å². The third-order valence-corrected chi connectivity index (χ3v) is 5.24. The van der Waals surface area contributed by atoms with Crippen molar-refractivity contribution in [3.05, 3.63) is 78.4 Å². The number of nitriles is 1. The molecule has 4 rings (SSSR count). The summed E-state index contributed by atoms with van der Waals surface area (Å²) in [7, 11) is 1.65. The number of hydrogen-bond acceptors (Lipinski definition) is 4. The van der Waals surface area contributed by atoms with Crippen LogP contribution in [0.15, 0.2) is 72.8 Å². The summed E-state index contributed by atoms with van der Waals surface area (Å²) < 4.78 is 10.5. The first-order chi connectivity index (χ1) is 15.7. The fourth-order valence-electron chi connectivity index (χ4n) is 3.68. The van der Waals surface area contributed by atoms with Gasteiger partial charge in [-0.05, 0) is 72.1 Å². The minimum absolute atomic E-state index is 0.00709. The van der Waals surface area contributed by atoms with E-state index in [2.05, 4.69) is 16.4 Å². The van der Waals surface area contributed by atoms with Crippen LogP contribution in [0.3, 0.4) is 0 Å². The van der Waals surface area contributed by atoms with E-state index in [-0.39, 0.29) is 12.5 Å². The number of aromatic nitrogens is 1. The number of fused-ring (bicyclic) bond motifs is 1. The van der Waals surface area contributed by atoms with Crippen molar-refractivity contribution in [2.24, 2.45) is 0 Å². The van der Waals surface area contributed by atoms with Crippen molar-refractivity contribution in [2.45, 2.75) is 12.8 Å². The van der Waals surface area contributed by atoms with Crippen molar-refractivity contribution in [2.75, 3.05) is 19.0 Å². The maximum atomic E-state index is 12.6. The Morgan fingerprint density at radius 1 is 1.00 bits per heavy atom. The Balaban J connectivity index is 1.49. The zero-order chi connectivity index (χ0) is 22.3. The summed E-state index contributed by atoms with van der Waals surface area (Å²) >= 11 is 0. The number of para-hydroxylation sites is 1. The molecule has 1 aromatic heterocycles. The third-order valence-electron chi connectivity index (χ3n) is 5.24. The molecule has 160 valence electrons. The first-order valence-electron chi connectivity index (χ1n) is 10.3. The largest absolute Gasteiger partial charge is 0.497 e. The Hall–Kier alpha value is -4.24. The number of rotatable bonds is 8. The number of carbonyl (C=O) groups is 1. The lowest BCUT2D eigenvalue weighted by molar-refractivity contribution is -0.116. The van der Waals surface area contributed by atoms with Crippen LogP contribution >= 0.6 is 0 Å². The molecule has 4 aromatic rings. The van der Waals surface area contributed by atoms with Gasteiger partial charge in [0, 0.05) is 28.7 Å². The molecule has 3 aromatic carbocycles. The van der Waals surface area contributed by atoms with E-state index in [1.54, 1.807) is 31.4 Å². The van der Waals surface area contributed by atoms with E-state index in [1.807, 2.05) is 48.5 Å². The van der Waals surface area contributed by atoms with Gasteiger partial charge in [0.15, 0.2) is 6.61 Å². The van der Waals surface area contributed by atoms with Gasteiger partial charge in [-0.15, -0.1) is 0 Å². The minimum Gasteiger partial charge on any atom is -0.497 e. The molecule has 0 saturated carbocycles. The molecule has 0 fully saturated rings. The number of anilines is 1. The molecular weight excluding hydrogens is 402 g/mol. The van der Waals surface area contributed by atoms with Crippen molar-refractivity contribution < 1.29 is 14.3 Å². The normalized spacial score (nSPS) is 10.5. The predicted molar refractivity (Wildman–Crippen MR) is 125 cm³/mol. The van der Waals surface area contributed by atoms with Crippen LogP contribution in [0, 0.1) is 11.3 Å². The van der Waals surface area contributed by atoms with Gasteiger partial charge in [-0.3, -0.25) is 4.79 Å². The lowest BCUT2D eigenvalue weighted by Crippen LogP contribution is -2.12. The number of aromatic amines is 1. The van der Waals surface area contributed by atoms with Gasteiger partial charge in [-0.25, -0.2) is 0 Å². The molecule has 0 unspecified atom stereocenters. The zero-order valence-corrected chi connectivity index (χ0v) is 17.7. The first-order valence-corrected chi connectivity index (χ1v) is 10.3. The number of amides is 1. The molecule has 2 N–H and O–H groups in total. The van der Waals surface area contributed by atoms with Crippen LogP contribution in [0.5, 0.6) is 11.5 Å². The Kier molecular flexibility index (Phi) is 6.38. The van der Waals surface area contributed by atoms with E-state index in [0.717, 1.165) is 33.5 Å². The Bertz CT molecular complexity index is 1250. The molecule has 0 atom stereocenters. The maximum absolute atomic E-state index is 12.6. The smallest absolute Gasteiger partial charge is 0.224 e. The SMILES string of the molecule is COc1ccc(-c2[nH]c3ccccc3c2CCC(=O)Nc2ccc(OCC#N)cc2)cc1. The fourth-order valence-corrected chi connectivity index (χ4v) is 3.68. The number of benzene rings is 3. The summed E-state index contributed by atoms with van der Waals surface area (Å²) in [6, 6.07) is 24.9. The van der Waals surface area contributed by atoms with Gasteiger partial charge in [-0.1, -0.05) is 18.2 Å². The number of carbonyl (C=O) groups excluding carboxylic acids is 1. The van der Waals surface area contributed by atoms with E-state index in [9.17, 15) is 4.79 Å². The van der Waals surface area contributed by atoms with Crippen LogP contribution < -0.4 is 14.8 Å². The lowest BCUT2D eigenvalue weighted by atomic mass is 10.0. The Morgan fingerprint density at radius 2 is 1.72 bits per heavy atom. The van der Waals surface area contributed by atoms with E-state index in [0.29, 0.717) is 24.3 Å². The van der Waals surface area contributed by atoms with Gasteiger partial charge in [0.25, 0.3) is 0 Å². The van der Waals surface area contributed by atoms with Crippen LogP contribution in [0.4, 0.5) is 5.69 Å². The molecule has 0 aliphatic rings. The van der Waals surface area contributed by atoms with E-state index >= 15 is 0 Å². The van der Waals surface area contributed by atoms with Crippen LogP contribution in [-0.2, 0) is 11.2 Å². The van der Waals surface area contributed by atoms with Gasteiger partial charge < -0.3 is 19.8 Å². The molecule has 0 aliphatic carbocycles. The number of H-pyrrole nitrogens is 1. The number of aryl methyl sites for hydroxylation is 1. The molecule has 1 amide bonds. The molecule has 0 aliphatic heterocycles. The van der Waals surface area contributed by atoms with Crippen LogP contribution in [0.1, 0.15) is 12.0 Å². The summed E-state index contributed by atoms with van der Waals surface area (Å²) in [4.78, 5) is 16.1.